The van der Waals surface area contributed by atoms with Gasteiger partial charge in [-0.3, -0.25) is 4.98 Å². The summed E-state index contributed by atoms with van der Waals surface area (Å²) in [6.45, 7) is 0. The number of pyridine rings is 2. The molecule has 3 aromatic heterocycles. The molecule has 3 heterocycles. The Balaban J connectivity index is 1.76. The fourth-order valence-corrected chi connectivity index (χ4v) is 3.28. The van der Waals surface area contributed by atoms with E-state index in [1.165, 1.54) is 32.1 Å². The molecule has 0 radical (unpaired) electrons. The number of nitrogens with zero attached hydrogens (tertiary/aromatic N) is 4. The van der Waals surface area contributed by atoms with Gasteiger partial charge in [-0.1, -0.05) is 19.3 Å². The highest BCUT2D eigenvalue weighted by Crippen LogP contribution is 2.29. The van der Waals surface area contributed by atoms with Crippen molar-refractivity contribution in [1.82, 2.24) is 19.9 Å². The van der Waals surface area contributed by atoms with Gasteiger partial charge in [0.1, 0.15) is 5.82 Å². The summed E-state index contributed by atoms with van der Waals surface area (Å²) < 4.78 is 0. The topological polar surface area (TPSA) is 89.6 Å². The summed E-state index contributed by atoms with van der Waals surface area (Å²) >= 11 is 0. The number of fused-ring (bicyclic) bond motifs is 1. The molecular weight excluding hydrogens is 300 g/mol. The molecule has 1 saturated carbocycles. The molecular formula is C18H20N6. The number of hydrogen-bond acceptors (Lipinski definition) is 6. The zero-order valence-corrected chi connectivity index (χ0v) is 13.4. The molecule has 0 spiro atoms. The van der Waals surface area contributed by atoms with Crippen LogP contribution >= 0.6 is 0 Å². The molecule has 6 heteroatoms. The van der Waals surface area contributed by atoms with Gasteiger partial charge < -0.3 is 11.1 Å². The molecule has 0 unspecified atom stereocenters. The first-order valence-corrected chi connectivity index (χ1v) is 8.39. The molecule has 0 bridgehead atoms. The van der Waals surface area contributed by atoms with Crippen LogP contribution in [0.5, 0.6) is 0 Å². The molecule has 0 atom stereocenters. The van der Waals surface area contributed by atoms with Crippen LogP contribution in [-0.4, -0.2) is 26.0 Å². The Kier molecular flexibility index (Phi) is 3.94. The smallest absolute Gasteiger partial charge is 0.223 e. The fourth-order valence-electron chi connectivity index (χ4n) is 3.28. The summed E-state index contributed by atoms with van der Waals surface area (Å²) in [5, 5.41) is 4.25. The lowest BCUT2D eigenvalue weighted by molar-refractivity contribution is 0.461. The molecule has 1 aliphatic rings. The van der Waals surface area contributed by atoms with Gasteiger partial charge in [0.15, 0.2) is 0 Å². The highest BCUT2D eigenvalue weighted by molar-refractivity contribution is 5.98. The van der Waals surface area contributed by atoms with E-state index in [0.29, 0.717) is 17.8 Å². The summed E-state index contributed by atoms with van der Waals surface area (Å²) in [4.78, 5) is 17.5. The molecule has 0 saturated heterocycles. The lowest BCUT2D eigenvalue weighted by atomic mass is 9.96. The minimum Gasteiger partial charge on any atom is -0.383 e. The van der Waals surface area contributed by atoms with Crippen molar-refractivity contribution >= 4 is 22.7 Å². The second-order valence-corrected chi connectivity index (χ2v) is 6.23. The Hall–Kier alpha value is -2.76. The Morgan fingerprint density at radius 3 is 2.58 bits per heavy atom. The number of hydrogen-bond donors (Lipinski definition) is 2. The zero-order valence-electron chi connectivity index (χ0n) is 13.4. The van der Waals surface area contributed by atoms with E-state index in [-0.39, 0.29) is 0 Å². The van der Waals surface area contributed by atoms with Crippen LogP contribution in [0.1, 0.15) is 32.1 Å². The number of anilines is 2. The number of nitrogens with one attached hydrogen (secondary N) is 1. The van der Waals surface area contributed by atoms with Gasteiger partial charge in [-0.2, -0.15) is 0 Å². The zero-order chi connectivity index (χ0) is 16.4. The lowest BCUT2D eigenvalue weighted by Gasteiger charge is -2.22. The van der Waals surface area contributed by atoms with Crippen molar-refractivity contribution in [3.05, 3.63) is 36.9 Å². The van der Waals surface area contributed by atoms with Crippen LogP contribution in [0.15, 0.2) is 36.9 Å². The van der Waals surface area contributed by atoms with Crippen molar-refractivity contribution in [1.29, 1.82) is 0 Å². The third kappa shape index (κ3) is 2.87. The van der Waals surface area contributed by atoms with Crippen LogP contribution in [0.2, 0.25) is 0 Å². The highest BCUT2D eigenvalue weighted by Gasteiger charge is 2.16. The minimum absolute atomic E-state index is 0.451. The monoisotopic (exact) mass is 320 g/mol. The van der Waals surface area contributed by atoms with E-state index in [4.69, 9.17) is 10.7 Å². The van der Waals surface area contributed by atoms with E-state index in [2.05, 4.69) is 20.3 Å². The number of nitrogen functional groups attached to an aromatic ring is 1. The molecule has 3 N–H and O–H groups in total. The molecule has 24 heavy (non-hydrogen) atoms. The highest BCUT2D eigenvalue weighted by atomic mass is 15.1. The standard InChI is InChI=1S/C18H20N6/c19-17-15-11-22-18(23-13-4-2-1-3-5-13)24-16(15)14(10-21-17)12-6-8-20-9-7-12/h6-11,13H,1-5H2,(H2,19,21)(H,22,23,24). The van der Waals surface area contributed by atoms with Crippen molar-refractivity contribution in [2.24, 2.45) is 0 Å². The van der Waals surface area contributed by atoms with Crippen molar-refractivity contribution < 1.29 is 0 Å². The summed E-state index contributed by atoms with van der Waals surface area (Å²) in [7, 11) is 0. The summed E-state index contributed by atoms with van der Waals surface area (Å²) in [5.74, 6) is 1.11. The quantitative estimate of drug-likeness (QED) is 0.768. The molecule has 6 nitrogen and oxygen atoms in total. The Morgan fingerprint density at radius 1 is 1.00 bits per heavy atom. The van der Waals surface area contributed by atoms with Gasteiger partial charge in [0.25, 0.3) is 0 Å². The van der Waals surface area contributed by atoms with E-state index in [0.717, 1.165) is 22.0 Å². The van der Waals surface area contributed by atoms with Gasteiger partial charge in [-0.15, -0.1) is 0 Å². The normalized spacial score (nSPS) is 15.5. The average molecular weight is 320 g/mol. The van der Waals surface area contributed by atoms with E-state index < -0.39 is 0 Å². The molecule has 0 aromatic carbocycles. The van der Waals surface area contributed by atoms with Crippen LogP contribution in [0.25, 0.3) is 22.0 Å². The number of aromatic nitrogens is 4. The van der Waals surface area contributed by atoms with Crippen molar-refractivity contribution in [3.63, 3.8) is 0 Å². The Bertz CT molecular complexity index is 843. The summed E-state index contributed by atoms with van der Waals surface area (Å²) in [6.07, 6.45) is 13.3. The fraction of sp³-hybridized carbons (Fsp3) is 0.333. The first kappa shape index (κ1) is 14.8. The second-order valence-electron chi connectivity index (χ2n) is 6.23. The SMILES string of the molecule is Nc1ncc(-c2ccncc2)c2nc(NC3CCCCC3)ncc12. The van der Waals surface area contributed by atoms with E-state index in [9.17, 15) is 0 Å². The summed E-state index contributed by atoms with van der Waals surface area (Å²) in [6, 6.07) is 4.35. The molecule has 122 valence electrons. The van der Waals surface area contributed by atoms with Crippen LogP contribution in [-0.2, 0) is 0 Å². The van der Waals surface area contributed by atoms with Crippen LogP contribution < -0.4 is 11.1 Å². The van der Waals surface area contributed by atoms with Crippen molar-refractivity contribution in [3.8, 4) is 11.1 Å². The molecule has 0 aliphatic heterocycles. The lowest BCUT2D eigenvalue weighted by Crippen LogP contribution is -2.23. The minimum atomic E-state index is 0.451. The van der Waals surface area contributed by atoms with Gasteiger partial charge in [0, 0.05) is 36.4 Å². The van der Waals surface area contributed by atoms with Gasteiger partial charge in [0.2, 0.25) is 5.95 Å². The number of nitrogens with two attached hydrogens (primary N) is 1. The van der Waals surface area contributed by atoms with Gasteiger partial charge in [-0.25, -0.2) is 15.0 Å². The van der Waals surface area contributed by atoms with Gasteiger partial charge >= 0.3 is 0 Å². The molecule has 1 fully saturated rings. The maximum atomic E-state index is 6.01. The van der Waals surface area contributed by atoms with Crippen LogP contribution in [0.3, 0.4) is 0 Å². The predicted molar refractivity (Wildman–Crippen MR) is 95.5 cm³/mol. The van der Waals surface area contributed by atoms with Crippen LogP contribution in [0.4, 0.5) is 11.8 Å². The Morgan fingerprint density at radius 2 is 1.79 bits per heavy atom. The van der Waals surface area contributed by atoms with Gasteiger partial charge in [-0.05, 0) is 30.5 Å². The maximum Gasteiger partial charge on any atom is 0.223 e. The predicted octanol–water partition coefficient (Wildman–Crippen LogP) is 3.41. The molecule has 3 aromatic rings. The van der Waals surface area contributed by atoms with E-state index >= 15 is 0 Å². The largest absolute Gasteiger partial charge is 0.383 e. The molecule has 1 aliphatic carbocycles. The van der Waals surface area contributed by atoms with E-state index in [1.807, 2.05) is 12.1 Å². The van der Waals surface area contributed by atoms with Crippen molar-refractivity contribution in [2.75, 3.05) is 11.1 Å². The molecule has 4 rings (SSSR count). The number of rotatable bonds is 3. The first-order valence-electron chi connectivity index (χ1n) is 8.39. The first-order chi connectivity index (χ1) is 11.8. The van der Waals surface area contributed by atoms with Crippen LogP contribution in [0, 0.1) is 0 Å². The Labute approximate surface area is 140 Å². The van der Waals surface area contributed by atoms with Crippen molar-refractivity contribution in [2.45, 2.75) is 38.1 Å². The van der Waals surface area contributed by atoms with E-state index in [1.54, 1.807) is 24.8 Å². The molecule has 0 amide bonds. The third-order valence-corrected chi connectivity index (χ3v) is 4.58. The average Bonchev–Trinajstić information content (AvgIpc) is 2.64. The summed E-state index contributed by atoms with van der Waals surface area (Å²) in [5.41, 5.74) is 8.79. The second kappa shape index (κ2) is 6.39. The maximum absolute atomic E-state index is 6.01. The van der Waals surface area contributed by atoms with Gasteiger partial charge in [0.05, 0.1) is 10.9 Å². The third-order valence-electron chi connectivity index (χ3n) is 4.58.